The van der Waals surface area contributed by atoms with E-state index >= 15 is 0 Å². The Morgan fingerprint density at radius 1 is 1.28 bits per heavy atom. The molecule has 0 saturated heterocycles. The molecule has 0 spiro atoms. The number of rotatable bonds is 3. The second-order valence-electron chi connectivity index (χ2n) is 4.44. The molecular weight excluding hydrogens is 378 g/mol. The van der Waals surface area contributed by atoms with Gasteiger partial charge in [-0.25, -0.2) is 0 Å². The molecule has 0 aromatic heterocycles. The molecule has 1 aromatic rings. The van der Waals surface area contributed by atoms with Crippen LogP contribution in [-0.4, -0.2) is 23.5 Å². The lowest BCUT2D eigenvalue weighted by molar-refractivity contribution is 0.0938. The van der Waals surface area contributed by atoms with Gasteiger partial charge in [-0.2, -0.15) is 11.8 Å². The van der Waals surface area contributed by atoms with Crippen molar-refractivity contribution in [3.63, 3.8) is 0 Å². The Hall–Kier alpha value is -0.000000000000000111. The molecule has 2 nitrogen and oxygen atoms in total. The number of carbonyl (C=O) groups is 1. The lowest BCUT2D eigenvalue weighted by Gasteiger charge is -2.19. The number of thioether (sulfide) groups is 1. The summed E-state index contributed by atoms with van der Waals surface area (Å²) in [6.45, 7) is 0. The second kappa shape index (κ2) is 6.44. The van der Waals surface area contributed by atoms with Gasteiger partial charge in [0.2, 0.25) is 0 Å². The van der Waals surface area contributed by atoms with E-state index in [2.05, 4.69) is 43.4 Å². The molecule has 1 amide bonds. The molecule has 1 aromatic carbocycles. The first-order chi connectivity index (χ1) is 8.60. The highest BCUT2D eigenvalue weighted by Gasteiger charge is 2.28. The maximum atomic E-state index is 12.2. The van der Waals surface area contributed by atoms with Crippen molar-refractivity contribution in [2.45, 2.75) is 30.6 Å². The van der Waals surface area contributed by atoms with Crippen molar-refractivity contribution in [3.8, 4) is 0 Å². The van der Waals surface area contributed by atoms with Gasteiger partial charge in [-0.3, -0.25) is 4.79 Å². The minimum atomic E-state index is 0.0166. The van der Waals surface area contributed by atoms with E-state index in [1.54, 1.807) is 0 Å². The highest BCUT2D eigenvalue weighted by molar-refractivity contribution is 9.11. The quantitative estimate of drug-likeness (QED) is 0.833. The third kappa shape index (κ3) is 3.52. The summed E-state index contributed by atoms with van der Waals surface area (Å²) in [5.74, 6) is 0.0166. The van der Waals surface area contributed by atoms with Crippen LogP contribution < -0.4 is 5.32 Å². The topological polar surface area (TPSA) is 29.1 Å². The molecule has 18 heavy (non-hydrogen) atoms. The van der Waals surface area contributed by atoms with Crippen LogP contribution in [0.1, 0.15) is 29.6 Å². The van der Waals surface area contributed by atoms with E-state index < -0.39 is 0 Å². The summed E-state index contributed by atoms with van der Waals surface area (Å²) in [6, 6.07) is 5.94. The lowest BCUT2D eigenvalue weighted by Crippen LogP contribution is -2.38. The second-order valence-corrected chi connectivity index (χ2v) is 7.35. The lowest BCUT2D eigenvalue weighted by atomic mass is 10.2. The summed E-state index contributed by atoms with van der Waals surface area (Å²) < 4.78 is 1.82. The predicted octanol–water partition coefficient (Wildman–Crippen LogP) is 4.23. The van der Waals surface area contributed by atoms with Crippen molar-refractivity contribution in [2.24, 2.45) is 0 Å². The van der Waals surface area contributed by atoms with Gasteiger partial charge in [0.15, 0.2) is 0 Å². The van der Waals surface area contributed by atoms with Gasteiger partial charge < -0.3 is 5.32 Å². The van der Waals surface area contributed by atoms with E-state index in [9.17, 15) is 4.79 Å². The van der Waals surface area contributed by atoms with Crippen LogP contribution in [0, 0.1) is 0 Å². The SMILES string of the molecule is CSC1CCCC1NC(=O)c1cc(Br)cc(Br)c1. The van der Waals surface area contributed by atoms with Crippen LogP contribution in [0.25, 0.3) is 0 Å². The van der Waals surface area contributed by atoms with E-state index in [-0.39, 0.29) is 5.91 Å². The fourth-order valence-corrected chi connectivity index (χ4v) is 4.54. The van der Waals surface area contributed by atoms with E-state index in [1.807, 2.05) is 30.0 Å². The average Bonchev–Trinajstić information content (AvgIpc) is 2.75. The first-order valence-electron chi connectivity index (χ1n) is 5.90. The first kappa shape index (κ1) is 14.4. The van der Waals surface area contributed by atoms with Crippen LogP contribution in [0.5, 0.6) is 0 Å². The van der Waals surface area contributed by atoms with Gasteiger partial charge in [-0.1, -0.05) is 38.3 Å². The number of amides is 1. The van der Waals surface area contributed by atoms with Crippen LogP contribution in [0.4, 0.5) is 0 Å². The number of carbonyl (C=O) groups excluding carboxylic acids is 1. The Balaban J connectivity index is 2.07. The average molecular weight is 393 g/mol. The molecule has 2 unspecified atom stereocenters. The predicted molar refractivity (Wildman–Crippen MR) is 84.3 cm³/mol. The summed E-state index contributed by atoms with van der Waals surface area (Å²) in [5, 5.41) is 3.71. The minimum absolute atomic E-state index is 0.0166. The Labute approximate surface area is 129 Å². The standard InChI is InChI=1S/C13H15Br2NOS/c1-18-12-4-2-3-11(12)16-13(17)8-5-9(14)7-10(15)6-8/h5-7,11-12H,2-4H2,1H3,(H,16,17). The molecule has 1 N–H and O–H groups in total. The van der Waals surface area contributed by atoms with Crippen LogP contribution in [0.3, 0.4) is 0 Å². The van der Waals surface area contributed by atoms with Crippen molar-refractivity contribution < 1.29 is 4.79 Å². The fourth-order valence-electron chi connectivity index (χ4n) is 2.31. The van der Waals surface area contributed by atoms with Gasteiger partial charge in [-0.15, -0.1) is 0 Å². The Morgan fingerprint density at radius 2 is 1.94 bits per heavy atom. The zero-order valence-corrected chi connectivity index (χ0v) is 14.1. The Kier molecular flexibility index (Phi) is 5.15. The Bertz CT molecular complexity index is 432. The van der Waals surface area contributed by atoms with Crippen LogP contribution in [0.2, 0.25) is 0 Å². The molecule has 1 aliphatic rings. The molecule has 2 atom stereocenters. The van der Waals surface area contributed by atoms with Crippen molar-refractivity contribution in [1.29, 1.82) is 0 Å². The van der Waals surface area contributed by atoms with Gasteiger partial charge in [-0.05, 0) is 37.3 Å². The van der Waals surface area contributed by atoms with E-state index in [0.717, 1.165) is 15.4 Å². The fraction of sp³-hybridized carbons (Fsp3) is 0.462. The zero-order valence-electron chi connectivity index (χ0n) is 10.1. The number of nitrogens with one attached hydrogen (secondary N) is 1. The van der Waals surface area contributed by atoms with Gasteiger partial charge in [0.25, 0.3) is 5.91 Å². The molecule has 1 fully saturated rings. The molecule has 1 saturated carbocycles. The van der Waals surface area contributed by atoms with Crippen molar-refractivity contribution in [1.82, 2.24) is 5.32 Å². The molecule has 2 rings (SSSR count). The first-order valence-corrected chi connectivity index (χ1v) is 8.77. The molecule has 5 heteroatoms. The van der Waals surface area contributed by atoms with Crippen molar-refractivity contribution >= 4 is 49.5 Å². The molecule has 98 valence electrons. The highest BCUT2D eigenvalue weighted by atomic mass is 79.9. The van der Waals surface area contributed by atoms with E-state index in [0.29, 0.717) is 16.9 Å². The van der Waals surface area contributed by atoms with Crippen LogP contribution >= 0.6 is 43.6 Å². The van der Waals surface area contributed by atoms with Gasteiger partial charge in [0.1, 0.15) is 0 Å². The third-order valence-electron chi connectivity index (χ3n) is 3.20. The van der Waals surface area contributed by atoms with E-state index in [1.165, 1.54) is 12.8 Å². The third-order valence-corrected chi connectivity index (χ3v) is 5.28. The van der Waals surface area contributed by atoms with Crippen molar-refractivity contribution in [3.05, 3.63) is 32.7 Å². The minimum Gasteiger partial charge on any atom is -0.348 e. The molecule has 0 radical (unpaired) electrons. The highest BCUT2D eigenvalue weighted by Crippen LogP contribution is 2.29. The smallest absolute Gasteiger partial charge is 0.251 e. The molecular formula is C13H15Br2NOS. The normalized spacial score (nSPS) is 23.1. The summed E-state index contributed by atoms with van der Waals surface area (Å²) in [6.07, 6.45) is 5.62. The number of halogens is 2. The maximum absolute atomic E-state index is 12.2. The molecule has 0 aliphatic heterocycles. The zero-order chi connectivity index (χ0) is 13.1. The molecule has 0 heterocycles. The van der Waals surface area contributed by atoms with Gasteiger partial charge >= 0.3 is 0 Å². The number of hydrogen-bond donors (Lipinski definition) is 1. The largest absolute Gasteiger partial charge is 0.348 e. The Morgan fingerprint density at radius 3 is 2.56 bits per heavy atom. The van der Waals surface area contributed by atoms with Gasteiger partial charge in [0.05, 0.1) is 0 Å². The molecule has 1 aliphatic carbocycles. The maximum Gasteiger partial charge on any atom is 0.251 e. The summed E-state index contributed by atoms with van der Waals surface area (Å²) in [7, 11) is 0. The summed E-state index contributed by atoms with van der Waals surface area (Å²) >= 11 is 8.66. The van der Waals surface area contributed by atoms with Crippen molar-refractivity contribution in [2.75, 3.05) is 6.26 Å². The number of hydrogen-bond acceptors (Lipinski definition) is 2. The van der Waals surface area contributed by atoms with Gasteiger partial charge in [0, 0.05) is 25.8 Å². The van der Waals surface area contributed by atoms with Crippen LogP contribution in [0.15, 0.2) is 27.1 Å². The summed E-state index contributed by atoms with van der Waals surface area (Å²) in [5.41, 5.74) is 0.697. The monoisotopic (exact) mass is 391 g/mol. The van der Waals surface area contributed by atoms with E-state index in [4.69, 9.17) is 0 Å². The number of benzene rings is 1. The van der Waals surface area contributed by atoms with Crippen LogP contribution in [-0.2, 0) is 0 Å². The summed E-state index contributed by atoms with van der Waals surface area (Å²) in [4.78, 5) is 12.2. The molecule has 0 bridgehead atoms.